The zero-order valence-electron chi connectivity index (χ0n) is 10.2. The molecule has 2 nitrogen and oxygen atoms in total. The molecule has 1 aliphatic rings. The van der Waals surface area contributed by atoms with Gasteiger partial charge in [0.05, 0.1) is 0 Å². The summed E-state index contributed by atoms with van der Waals surface area (Å²) in [5.74, 6) is 0.605. The summed E-state index contributed by atoms with van der Waals surface area (Å²) in [7, 11) is 0. The van der Waals surface area contributed by atoms with Gasteiger partial charge in [-0.2, -0.15) is 0 Å². The van der Waals surface area contributed by atoms with Gasteiger partial charge in [0.25, 0.3) is 0 Å². The summed E-state index contributed by atoms with van der Waals surface area (Å²) < 4.78 is 0. The molecule has 0 bridgehead atoms. The van der Waals surface area contributed by atoms with Gasteiger partial charge in [0.1, 0.15) is 0 Å². The summed E-state index contributed by atoms with van der Waals surface area (Å²) in [5.41, 5.74) is 6.68. The lowest BCUT2D eigenvalue weighted by molar-refractivity contribution is -0.0120. The van der Waals surface area contributed by atoms with Crippen molar-refractivity contribution in [1.82, 2.24) is 4.90 Å². The van der Waals surface area contributed by atoms with E-state index >= 15 is 0 Å². The predicted octanol–water partition coefficient (Wildman–Crippen LogP) is 2.09. The Bertz CT molecular complexity index is 162. The normalized spacial score (nSPS) is 23.6. The molecule has 2 N–H and O–H groups in total. The van der Waals surface area contributed by atoms with Gasteiger partial charge in [0.2, 0.25) is 0 Å². The standard InChI is InChI=1S/C12H26N2/c1-5-12(6-2)8-14(9-12)7-11(13)10(3)4/h10-11H,5-9,13H2,1-4H3. The molecule has 14 heavy (non-hydrogen) atoms. The molecule has 1 rings (SSSR count). The van der Waals surface area contributed by atoms with Crippen molar-refractivity contribution in [3.05, 3.63) is 0 Å². The molecule has 0 amide bonds. The minimum absolute atomic E-state index is 0.349. The molecular formula is C12H26N2. The first kappa shape index (κ1) is 12.0. The van der Waals surface area contributed by atoms with Gasteiger partial charge in [-0.3, -0.25) is 0 Å². The molecule has 1 fully saturated rings. The molecule has 0 aromatic heterocycles. The molecule has 0 radical (unpaired) electrons. The zero-order chi connectivity index (χ0) is 10.8. The van der Waals surface area contributed by atoms with Crippen molar-refractivity contribution in [2.45, 2.75) is 46.6 Å². The highest BCUT2D eigenvalue weighted by Crippen LogP contribution is 2.36. The van der Waals surface area contributed by atoms with Gasteiger partial charge in [0.15, 0.2) is 0 Å². The summed E-state index contributed by atoms with van der Waals surface area (Å²) in [6.07, 6.45) is 2.63. The minimum Gasteiger partial charge on any atom is -0.326 e. The first-order chi connectivity index (χ1) is 6.53. The molecule has 1 unspecified atom stereocenters. The van der Waals surface area contributed by atoms with E-state index in [4.69, 9.17) is 5.73 Å². The van der Waals surface area contributed by atoms with Crippen LogP contribution in [0.25, 0.3) is 0 Å². The van der Waals surface area contributed by atoms with Crippen molar-refractivity contribution in [3.8, 4) is 0 Å². The molecule has 0 aliphatic carbocycles. The second kappa shape index (κ2) is 4.63. The monoisotopic (exact) mass is 198 g/mol. The van der Waals surface area contributed by atoms with Gasteiger partial charge < -0.3 is 10.6 Å². The van der Waals surface area contributed by atoms with Crippen LogP contribution in [0.1, 0.15) is 40.5 Å². The Hall–Kier alpha value is -0.0800. The third kappa shape index (κ3) is 2.48. The van der Waals surface area contributed by atoms with Crippen LogP contribution < -0.4 is 5.73 Å². The molecule has 0 aromatic rings. The van der Waals surface area contributed by atoms with E-state index in [2.05, 4.69) is 32.6 Å². The van der Waals surface area contributed by atoms with E-state index < -0.39 is 0 Å². The Labute approximate surface area is 88.8 Å². The van der Waals surface area contributed by atoms with E-state index in [1.54, 1.807) is 0 Å². The number of rotatable bonds is 5. The fourth-order valence-electron chi connectivity index (χ4n) is 2.24. The second-order valence-electron chi connectivity index (χ2n) is 5.28. The second-order valence-corrected chi connectivity index (χ2v) is 5.28. The van der Waals surface area contributed by atoms with E-state index in [1.807, 2.05) is 0 Å². The SMILES string of the molecule is CCC1(CC)CN(CC(N)C(C)C)C1. The number of nitrogens with two attached hydrogens (primary N) is 1. The highest BCUT2D eigenvalue weighted by atomic mass is 15.2. The average Bonchev–Trinajstić information content (AvgIpc) is 2.10. The fraction of sp³-hybridized carbons (Fsp3) is 1.00. The maximum Gasteiger partial charge on any atom is 0.0191 e. The highest BCUT2D eigenvalue weighted by molar-refractivity contribution is 4.94. The largest absolute Gasteiger partial charge is 0.326 e. The van der Waals surface area contributed by atoms with Gasteiger partial charge >= 0.3 is 0 Å². The number of likely N-dealkylation sites (tertiary alicyclic amines) is 1. The summed E-state index contributed by atoms with van der Waals surface area (Å²) in [5, 5.41) is 0. The van der Waals surface area contributed by atoms with Crippen molar-refractivity contribution in [2.24, 2.45) is 17.1 Å². The highest BCUT2D eigenvalue weighted by Gasteiger charge is 2.39. The number of hydrogen-bond acceptors (Lipinski definition) is 2. The van der Waals surface area contributed by atoms with Gasteiger partial charge in [-0.1, -0.05) is 27.7 Å². The lowest BCUT2D eigenvalue weighted by Gasteiger charge is -2.51. The Morgan fingerprint density at radius 3 is 2.07 bits per heavy atom. The van der Waals surface area contributed by atoms with Crippen LogP contribution in [0.3, 0.4) is 0 Å². The summed E-state index contributed by atoms with van der Waals surface area (Å²) >= 11 is 0. The van der Waals surface area contributed by atoms with Crippen molar-refractivity contribution in [3.63, 3.8) is 0 Å². The molecule has 1 atom stereocenters. The van der Waals surface area contributed by atoms with Gasteiger partial charge in [-0.05, 0) is 24.2 Å². The molecule has 84 valence electrons. The Kier molecular flexibility index (Phi) is 3.96. The third-order valence-corrected chi connectivity index (χ3v) is 3.94. The van der Waals surface area contributed by atoms with E-state index in [-0.39, 0.29) is 0 Å². The van der Waals surface area contributed by atoms with Crippen molar-refractivity contribution >= 4 is 0 Å². The average molecular weight is 198 g/mol. The van der Waals surface area contributed by atoms with Crippen LogP contribution in [0.2, 0.25) is 0 Å². The first-order valence-corrected chi connectivity index (χ1v) is 6.01. The van der Waals surface area contributed by atoms with Crippen LogP contribution in [0.5, 0.6) is 0 Å². The van der Waals surface area contributed by atoms with Crippen LogP contribution in [-0.2, 0) is 0 Å². The molecule has 1 saturated heterocycles. The summed E-state index contributed by atoms with van der Waals surface area (Å²) in [6, 6.07) is 0.349. The predicted molar refractivity (Wildman–Crippen MR) is 62.3 cm³/mol. The van der Waals surface area contributed by atoms with Crippen molar-refractivity contribution in [1.29, 1.82) is 0 Å². The van der Waals surface area contributed by atoms with Gasteiger partial charge in [-0.15, -0.1) is 0 Å². The van der Waals surface area contributed by atoms with E-state index in [0.717, 1.165) is 6.54 Å². The van der Waals surface area contributed by atoms with Crippen molar-refractivity contribution in [2.75, 3.05) is 19.6 Å². The molecule has 0 aromatic carbocycles. The van der Waals surface area contributed by atoms with E-state index in [9.17, 15) is 0 Å². The van der Waals surface area contributed by atoms with Crippen LogP contribution in [0.15, 0.2) is 0 Å². The fourth-order valence-corrected chi connectivity index (χ4v) is 2.24. The maximum absolute atomic E-state index is 6.06. The smallest absolute Gasteiger partial charge is 0.0191 e. The minimum atomic E-state index is 0.349. The zero-order valence-corrected chi connectivity index (χ0v) is 10.2. The van der Waals surface area contributed by atoms with E-state index in [1.165, 1.54) is 25.9 Å². The number of hydrogen-bond donors (Lipinski definition) is 1. The lowest BCUT2D eigenvalue weighted by atomic mass is 9.75. The topological polar surface area (TPSA) is 29.3 Å². The van der Waals surface area contributed by atoms with Crippen LogP contribution in [-0.4, -0.2) is 30.6 Å². The van der Waals surface area contributed by atoms with Crippen molar-refractivity contribution < 1.29 is 0 Å². The quantitative estimate of drug-likeness (QED) is 0.733. The molecule has 1 aliphatic heterocycles. The Morgan fingerprint density at radius 1 is 1.21 bits per heavy atom. The molecule has 0 saturated carbocycles. The van der Waals surface area contributed by atoms with Gasteiger partial charge in [-0.25, -0.2) is 0 Å². The summed E-state index contributed by atoms with van der Waals surface area (Å²) in [4.78, 5) is 2.51. The molecule has 1 heterocycles. The molecule has 2 heteroatoms. The number of nitrogens with zero attached hydrogens (tertiary/aromatic N) is 1. The molecular weight excluding hydrogens is 172 g/mol. The van der Waals surface area contributed by atoms with Crippen LogP contribution in [0, 0.1) is 11.3 Å². The van der Waals surface area contributed by atoms with E-state index in [0.29, 0.717) is 17.4 Å². The first-order valence-electron chi connectivity index (χ1n) is 6.01. The third-order valence-electron chi connectivity index (χ3n) is 3.94. The van der Waals surface area contributed by atoms with Gasteiger partial charge in [0, 0.05) is 25.7 Å². The summed E-state index contributed by atoms with van der Waals surface area (Å²) in [6.45, 7) is 12.6. The Morgan fingerprint density at radius 2 is 1.71 bits per heavy atom. The van der Waals surface area contributed by atoms with Crippen LogP contribution >= 0.6 is 0 Å². The maximum atomic E-state index is 6.06. The van der Waals surface area contributed by atoms with Crippen LogP contribution in [0.4, 0.5) is 0 Å². The lowest BCUT2D eigenvalue weighted by Crippen LogP contribution is -2.58. The Balaban J connectivity index is 2.27. The molecule has 0 spiro atoms.